The highest BCUT2D eigenvalue weighted by Crippen LogP contribution is 2.31. The Labute approximate surface area is 93.5 Å². The zero-order chi connectivity index (χ0) is 11.5. The lowest BCUT2D eigenvalue weighted by Gasteiger charge is -2.09. The fourth-order valence-electron chi connectivity index (χ4n) is 1.76. The van der Waals surface area contributed by atoms with Crippen molar-refractivity contribution in [3.05, 3.63) is 59.7 Å². The minimum Gasteiger partial charge on any atom is -0.205 e. The van der Waals surface area contributed by atoms with Gasteiger partial charge in [-0.2, -0.15) is 0 Å². The molecule has 0 aliphatic rings. The molecule has 2 aromatic rings. The average Bonchev–Trinajstić information content (AvgIpc) is 2.29. The second-order valence-corrected chi connectivity index (χ2v) is 3.76. The highest BCUT2D eigenvalue weighted by atomic mass is 19.3. The zero-order valence-electron chi connectivity index (χ0n) is 8.95. The standard InChI is InChI=1S/C14H12F2/c1-10-5-4-6-11(9-10)12-7-2-3-8-13(12)14(15)16/h2-9,14H,1H3. The van der Waals surface area contributed by atoms with Crippen LogP contribution in [0.3, 0.4) is 0 Å². The van der Waals surface area contributed by atoms with E-state index in [1.54, 1.807) is 18.2 Å². The van der Waals surface area contributed by atoms with Gasteiger partial charge in [-0.25, -0.2) is 8.78 Å². The Morgan fingerprint density at radius 1 is 0.938 bits per heavy atom. The van der Waals surface area contributed by atoms with Gasteiger partial charge in [-0.05, 0) is 18.1 Å². The molecule has 0 radical (unpaired) electrons. The van der Waals surface area contributed by atoms with Gasteiger partial charge in [0.1, 0.15) is 0 Å². The van der Waals surface area contributed by atoms with Gasteiger partial charge in [-0.1, -0.05) is 54.1 Å². The van der Waals surface area contributed by atoms with Crippen LogP contribution >= 0.6 is 0 Å². The lowest BCUT2D eigenvalue weighted by Crippen LogP contribution is -1.89. The van der Waals surface area contributed by atoms with E-state index in [-0.39, 0.29) is 5.56 Å². The molecule has 0 nitrogen and oxygen atoms in total. The molecule has 0 bridgehead atoms. The van der Waals surface area contributed by atoms with Gasteiger partial charge < -0.3 is 0 Å². The molecule has 2 rings (SSSR count). The molecule has 0 spiro atoms. The van der Waals surface area contributed by atoms with Crippen LogP contribution in [0.5, 0.6) is 0 Å². The third kappa shape index (κ3) is 2.11. The van der Waals surface area contributed by atoms with Gasteiger partial charge in [0.2, 0.25) is 0 Å². The van der Waals surface area contributed by atoms with Crippen molar-refractivity contribution in [3.8, 4) is 11.1 Å². The monoisotopic (exact) mass is 218 g/mol. The van der Waals surface area contributed by atoms with E-state index < -0.39 is 6.43 Å². The molecular weight excluding hydrogens is 206 g/mol. The lowest BCUT2D eigenvalue weighted by atomic mass is 9.99. The smallest absolute Gasteiger partial charge is 0.205 e. The molecule has 0 atom stereocenters. The predicted molar refractivity (Wildman–Crippen MR) is 61.6 cm³/mol. The van der Waals surface area contributed by atoms with E-state index in [2.05, 4.69) is 0 Å². The molecule has 0 unspecified atom stereocenters. The summed E-state index contributed by atoms with van der Waals surface area (Å²) in [6, 6.07) is 14.2. The summed E-state index contributed by atoms with van der Waals surface area (Å²) < 4.78 is 25.6. The summed E-state index contributed by atoms with van der Waals surface area (Å²) in [5.74, 6) is 0. The highest BCUT2D eigenvalue weighted by Gasteiger charge is 2.12. The summed E-state index contributed by atoms with van der Waals surface area (Å²) in [7, 11) is 0. The molecule has 2 aromatic carbocycles. The lowest BCUT2D eigenvalue weighted by molar-refractivity contribution is 0.152. The third-order valence-corrected chi connectivity index (χ3v) is 2.52. The molecule has 0 aliphatic carbocycles. The normalized spacial score (nSPS) is 10.8. The summed E-state index contributed by atoms with van der Waals surface area (Å²) >= 11 is 0. The first-order valence-corrected chi connectivity index (χ1v) is 5.12. The summed E-state index contributed by atoms with van der Waals surface area (Å²) in [5, 5.41) is 0. The molecule has 0 saturated heterocycles. The Bertz CT molecular complexity index is 490. The number of halogens is 2. The third-order valence-electron chi connectivity index (χ3n) is 2.52. The first kappa shape index (κ1) is 10.8. The van der Waals surface area contributed by atoms with Crippen molar-refractivity contribution < 1.29 is 8.78 Å². The second-order valence-electron chi connectivity index (χ2n) is 3.76. The molecule has 0 saturated carbocycles. The minimum atomic E-state index is -2.43. The van der Waals surface area contributed by atoms with Crippen molar-refractivity contribution in [2.45, 2.75) is 13.3 Å². The van der Waals surface area contributed by atoms with Crippen LogP contribution in [-0.2, 0) is 0 Å². The van der Waals surface area contributed by atoms with E-state index in [4.69, 9.17) is 0 Å². The van der Waals surface area contributed by atoms with E-state index >= 15 is 0 Å². The fraction of sp³-hybridized carbons (Fsp3) is 0.143. The average molecular weight is 218 g/mol. The van der Waals surface area contributed by atoms with Gasteiger partial charge in [0.15, 0.2) is 0 Å². The number of alkyl halides is 2. The Kier molecular flexibility index (Phi) is 3.00. The highest BCUT2D eigenvalue weighted by molar-refractivity contribution is 5.68. The van der Waals surface area contributed by atoms with E-state index in [9.17, 15) is 8.78 Å². The Morgan fingerprint density at radius 3 is 2.38 bits per heavy atom. The Balaban J connectivity index is 2.55. The second kappa shape index (κ2) is 4.44. The van der Waals surface area contributed by atoms with Crippen LogP contribution in [0.4, 0.5) is 8.78 Å². The van der Waals surface area contributed by atoms with Gasteiger partial charge >= 0.3 is 0 Å². The number of rotatable bonds is 2. The molecule has 82 valence electrons. The van der Waals surface area contributed by atoms with Crippen molar-refractivity contribution in [2.75, 3.05) is 0 Å². The van der Waals surface area contributed by atoms with Crippen LogP contribution in [0.1, 0.15) is 17.6 Å². The van der Waals surface area contributed by atoms with Crippen molar-refractivity contribution >= 4 is 0 Å². The summed E-state index contributed by atoms with van der Waals surface area (Å²) in [4.78, 5) is 0. The molecule has 0 amide bonds. The van der Waals surface area contributed by atoms with Crippen LogP contribution in [0, 0.1) is 6.92 Å². The van der Waals surface area contributed by atoms with Crippen molar-refractivity contribution in [3.63, 3.8) is 0 Å². The van der Waals surface area contributed by atoms with E-state index in [0.717, 1.165) is 11.1 Å². The van der Waals surface area contributed by atoms with E-state index in [1.807, 2.05) is 31.2 Å². The van der Waals surface area contributed by atoms with Crippen molar-refractivity contribution in [2.24, 2.45) is 0 Å². The number of benzene rings is 2. The van der Waals surface area contributed by atoms with Gasteiger partial charge in [0.25, 0.3) is 6.43 Å². The summed E-state index contributed by atoms with van der Waals surface area (Å²) in [6.07, 6.45) is -2.43. The number of hydrogen-bond donors (Lipinski definition) is 0. The van der Waals surface area contributed by atoms with Crippen LogP contribution in [0.25, 0.3) is 11.1 Å². The maximum atomic E-state index is 12.8. The van der Waals surface area contributed by atoms with Gasteiger partial charge in [-0.15, -0.1) is 0 Å². The topological polar surface area (TPSA) is 0 Å². The largest absolute Gasteiger partial charge is 0.264 e. The predicted octanol–water partition coefficient (Wildman–Crippen LogP) is 4.60. The van der Waals surface area contributed by atoms with E-state index in [1.165, 1.54) is 6.07 Å². The maximum Gasteiger partial charge on any atom is 0.264 e. The van der Waals surface area contributed by atoms with Crippen molar-refractivity contribution in [1.29, 1.82) is 0 Å². The number of aryl methyl sites for hydroxylation is 1. The SMILES string of the molecule is Cc1cccc(-c2ccccc2C(F)F)c1. The van der Waals surface area contributed by atoms with E-state index in [0.29, 0.717) is 5.56 Å². The van der Waals surface area contributed by atoms with Gasteiger partial charge in [0.05, 0.1) is 0 Å². The first-order chi connectivity index (χ1) is 7.68. The summed E-state index contributed by atoms with van der Waals surface area (Å²) in [5.41, 5.74) is 2.62. The molecule has 2 heteroatoms. The molecule has 0 aromatic heterocycles. The van der Waals surface area contributed by atoms with Gasteiger partial charge in [0, 0.05) is 5.56 Å². The Morgan fingerprint density at radius 2 is 1.69 bits per heavy atom. The first-order valence-electron chi connectivity index (χ1n) is 5.12. The zero-order valence-corrected chi connectivity index (χ0v) is 8.95. The maximum absolute atomic E-state index is 12.8. The summed E-state index contributed by atoms with van der Waals surface area (Å²) in [6.45, 7) is 1.95. The van der Waals surface area contributed by atoms with Crippen LogP contribution in [-0.4, -0.2) is 0 Å². The molecule has 0 fully saturated rings. The molecule has 0 heterocycles. The number of hydrogen-bond acceptors (Lipinski definition) is 0. The molecule has 0 aliphatic heterocycles. The van der Waals surface area contributed by atoms with Crippen LogP contribution < -0.4 is 0 Å². The van der Waals surface area contributed by atoms with Crippen LogP contribution in [0.15, 0.2) is 48.5 Å². The quantitative estimate of drug-likeness (QED) is 0.691. The molecule has 0 N–H and O–H groups in total. The molecule has 16 heavy (non-hydrogen) atoms. The molecular formula is C14H12F2. The van der Waals surface area contributed by atoms with Crippen LogP contribution in [0.2, 0.25) is 0 Å². The minimum absolute atomic E-state index is 0.0908. The van der Waals surface area contributed by atoms with Crippen molar-refractivity contribution in [1.82, 2.24) is 0 Å². The Hall–Kier alpha value is -1.70. The van der Waals surface area contributed by atoms with Gasteiger partial charge in [-0.3, -0.25) is 0 Å². The fourth-order valence-corrected chi connectivity index (χ4v) is 1.76.